The van der Waals surface area contributed by atoms with Crippen LogP contribution in [-0.4, -0.2) is 0 Å². The van der Waals surface area contributed by atoms with Gasteiger partial charge in [0.25, 0.3) is 0 Å². The van der Waals surface area contributed by atoms with Crippen molar-refractivity contribution in [1.29, 1.82) is 0 Å². The minimum Gasteiger partial charge on any atom is -0.0808 e. The van der Waals surface area contributed by atoms with Crippen LogP contribution in [0.3, 0.4) is 0 Å². The van der Waals surface area contributed by atoms with E-state index in [1.807, 2.05) is 0 Å². The lowest BCUT2D eigenvalue weighted by Gasteiger charge is -2.20. The van der Waals surface area contributed by atoms with E-state index in [1.165, 1.54) is 37.7 Å². The van der Waals surface area contributed by atoms with Crippen LogP contribution in [0.5, 0.6) is 0 Å². The highest BCUT2D eigenvalue weighted by Crippen LogP contribution is 2.55. The SMILES string of the molecule is C/C(=C/C1=CCC2(CC1)CC2)C(C)C. The fraction of sp³-hybridized carbons (Fsp3) is 0.714. The molecular formula is C14H22. The van der Waals surface area contributed by atoms with Crippen LogP contribution in [0, 0.1) is 11.3 Å². The molecule has 0 atom stereocenters. The fourth-order valence-electron chi connectivity index (χ4n) is 2.18. The Hall–Kier alpha value is -0.520. The Morgan fingerprint density at radius 1 is 1.36 bits per heavy atom. The zero-order chi connectivity index (χ0) is 10.2. The van der Waals surface area contributed by atoms with Crippen molar-refractivity contribution in [1.82, 2.24) is 0 Å². The van der Waals surface area contributed by atoms with Gasteiger partial charge >= 0.3 is 0 Å². The molecule has 0 saturated heterocycles. The predicted octanol–water partition coefficient (Wildman–Crippen LogP) is 4.48. The van der Waals surface area contributed by atoms with E-state index in [2.05, 4.69) is 32.9 Å². The molecule has 0 heterocycles. The average Bonchev–Trinajstić information content (AvgIpc) is 2.90. The number of hydrogen-bond donors (Lipinski definition) is 0. The molecule has 0 aromatic heterocycles. The maximum absolute atomic E-state index is 2.49. The van der Waals surface area contributed by atoms with Crippen molar-refractivity contribution in [2.24, 2.45) is 11.3 Å². The Balaban J connectivity index is 1.99. The topological polar surface area (TPSA) is 0 Å². The van der Waals surface area contributed by atoms with Gasteiger partial charge in [0.15, 0.2) is 0 Å². The van der Waals surface area contributed by atoms with Gasteiger partial charge in [0.05, 0.1) is 0 Å². The largest absolute Gasteiger partial charge is 0.0808 e. The van der Waals surface area contributed by atoms with E-state index < -0.39 is 0 Å². The average molecular weight is 190 g/mol. The molecule has 1 spiro atoms. The van der Waals surface area contributed by atoms with Crippen LogP contribution in [0.15, 0.2) is 23.3 Å². The number of hydrogen-bond acceptors (Lipinski definition) is 0. The first-order valence-corrected chi connectivity index (χ1v) is 5.99. The molecule has 1 fully saturated rings. The summed E-state index contributed by atoms with van der Waals surface area (Å²) in [7, 11) is 0. The zero-order valence-corrected chi connectivity index (χ0v) is 9.77. The lowest BCUT2D eigenvalue weighted by atomic mass is 9.86. The van der Waals surface area contributed by atoms with Crippen molar-refractivity contribution >= 4 is 0 Å². The van der Waals surface area contributed by atoms with Crippen molar-refractivity contribution in [3.63, 3.8) is 0 Å². The van der Waals surface area contributed by atoms with Gasteiger partial charge in [-0.3, -0.25) is 0 Å². The van der Waals surface area contributed by atoms with Gasteiger partial charge in [-0.2, -0.15) is 0 Å². The van der Waals surface area contributed by atoms with Crippen LogP contribution in [0.4, 0.5) is 0 Å². The van der Waals surface area contributed by atoms with Crippen molar-refractivity contribution in [3.05, 3.63) is 23.3 Å². The monoisotopic (exact) mass is 190 g/mol. The van der Waals surface area contributed by atoms with E-state index in [-0.39, 0.29) is 0 Å². The first-order valence-electron chi connectivity index (χ1n) is 5.99. The lowest BCUT2D eigenvalue weighted by molar-refractivity contribution is 0.453. The Morgan fingerprint density at radius 3 is 2.50 bits per heavy atom. The van der Waals surface area contributed by atoms with E-state index in [0.29, 0.717) is 5.92 Å². The molecule has 0 nitrogen and oxygen atoms in total. The third kappa shape index (κ3) is 2.10. The van der Waals surface area contributed by atoms with Crippen molar-refractivity contribution in [2.75, 3.05) is 0 Å². The zero-order valence-electron chi connectivity index (χ0n) is 9.77. The molecule has 2 aliphatic carbocycles. The Bertz CT molecular complexity index is 274. The van der Waals surface area contributed by atoms with Gasteiger partial charge < -0.3 is 0 Å². The molecule has 2 aliphatic rings. The first-order chi connectivity index (χ1) is 6.61. The van der Waals surface area contributed by atoms with Crippen LogP contribution in [0.25, 0.3) is 0 Å². The van der Waals surface area contributed by atoms with Crippen LogP contribution in [0.1, 0.15) is 52.9 Å². The summed E-state index contributed by atoms with van der Waals surface area (Å²) in [4.78, 5) is 0. The molecule has 2 rings (SSSR count). The molecule has 0 bridgehead atoms. The fourth-order valence-corrected chi connectivity index (χ4v) is 2.18. The quantitative estimate of drug-likeness (QED) is 0.602. The second kappa shape index (κ2) is 3.56. The van der Waals surface area contributed by atoms with Gasteiger partial charge in [-0.05, 0) is 50.4 Å². The molecule has 0 unspecified atom stereocenters. The lowest BCUT2D eigenvalue weighted by Crippen LogP contribution is -2.05. The van der Waals surface area contributed by atoms with Crippen molar-refractivity contribution < 1.29 is 0 Å². The smallest absolute Gasteiger partial charge is 0.0259 e. The molecule has 0 radical (unpaired) electrons. The molecule has 0 aromatic carbocycles. The summed E-state index contributed by atoms with van der Waals surface area (Å²) in [5.74, 6) is 0.702. The Morgan fingerprint density at radius 2 is 2.07 bits per heavy atom. The van der Waals surface area contributed by atoms with E-state index in [4.69, 9.17) is 0 Å². The molecular weight excluding hydrogens is 168 g/mol. The van der Waals surface area contributed by atoms with Gasteiger partial charge in [-0.25, -0.2) is 0 Å². The Labute approximate surface area is 88.1 Å². The summed E-state index contributed by atoms with van der Waals surface area (Å²) < 4.78 is 0. The second-order valence-corrected chi connectivity index (χ2v) is 5.53. The predicted molar refractivity (Wildman–Crippen MR) is 62.2 cm³/mol. The summed E-state index contributed by atoms with van der Waals surface area (Å²) in [6.07, 6.45) is 12.0. The molecule has 78 valence electrons. The van der Waals surface area contributed by atoms with Crippen LogP contribution in [0.2, 0.25) is 0 Å². The number of rotatable bonds is 2. The third-order valence-electron chi connectivity index (χ3n) is 4.02. The first kappa shape index (κ1) is 10.0. The molecule has 0 heteroatoms. The highest BCUT2D eigenvalue weighted by Gasteiger charge is 2.42. The summed E-state index contributed by atoms with van der Waals surface area (Å²) in [5.41, 5.74) is 3.90. The summed E-state index contributed by atoms with van der Waals surface area (Å²) in [6, 6.07) is 0. The van der Waals surface area contributed by atoms with Crippen molar-refractivity contribution in [2.45, 2.75) is 52.9 Å². The highest BCUT2D eigenvalue weighted by atomic mass is 14.5. The van der Waals surface area contributed by atoms with E-state index in [1.54, 1.807) is 5.57 Å². The van der Waals surface area contributed by atoms with E-state index in [0.717, 1.165) is 5.41 Å². The van der Waals surface area contributed by atoms with Gasteiger partial charge in [-0.1, -0.05) is 37.1 Å². The van der Waals surface area contributed by atoms with Crippen LogP contribution < -0.4 is 0 Å². The summed E-state index contributed by atoms with van der Waals surface area (Å²) in [5, 5.41) is 0. The van der Waals surface area contributed by atoms with Crippen molar-refractivity contribution in [3.8, 4) is 0 Å². The molecule has 0 N–H and O–H groups in total. The van der Waals surface area contributed by atoms with Gasteiger partial charge in [0.2, 0.25) is 0 Å². The maximum atomic E-state index is 2.49. The second-order valence-electron chi connectivity index (χ2n) is 5.53. The standard InChI is InChI=1S/C14H22/c1-11(2)12(3)10-13-4-6-14(7-5-13)8-9-14/h4,10-11H,5-9H2,1-3H3/b12-10-. The molecule has 0 aromatic rings. The van der Waals surface area contributed by atoms with Gasteiger partial charge in [-0.15, -0.1) is 0 Å². The number of allylic oxidation sites excluding steroid dienone is 4. The molecule has 1 saturated carbocycles. The summed E-state index contributed by atoms with van der Waals surface area (Å²) in [6.45, 7) is 6.81. The summed E-state index contributed by atoms with van der Waals surface area (Å²) >= 11 is 0. The molecule has 0 aliphatic heterocycles. The maximum Gasteiger partial charge on any atom is -0.0259 e. The minimum absolute atomic E-state index is 0.702. The molecule has 14 heavy (non-hydrogen) atoms. The van der Waals surface area contributed by atoms with E-state index in [9.17, 15) is 0 Å². The van der Waals surface area contributed by atoms with E-state index >= 15 is 0 Å². The highest BCUT2D eigenvalue weighted by molar-refractivity contribution is 5.27. The molecule has 0 amide bonds. The van der Waals surface area contributed by atoms with Crippen LogP contribution in [-0.2, 0) is 0 Å². The third-order valence-corrected chi connectivity index (χ3v) is 4.02. The Kier molecular flexibility index (Phi) is 2.55. The van der Waals surface area contributed by atoms with Gasteiger partial charge in [0, 0.05) is 0 Å². The minimum atomic E-state index is 0.702. The van der Waals surface area contributed by atoms with Crippen LogP contribution >= 0.6 is 0 Å². The van der Waals surface area contributed by atoms with Gasteiger partial charge in [0.1, 0.15) is 0 Å². The normalized spacial score (nSPS) is 25.4.